The molecule has 0 radical (unpaired) electrons. The molecule has 0 unspecified atom stereocenters. The third kappa shape index (κ3) is 7.86. The number of esters is 1. The maximum absolute atomic E-state index is 12.6. The number of rotatable bonds is 11. The molecule has 212 valence electrons. The van der Waals surface area contributed by atoms with Gasteiger partial charge in [0.05, 0.1) is 6.10 Å². The summed E-state index contributed by atoms with van der Waals surface area (Å²) in [7, 11) is 0. The van der Waals surface area contributed by atoms with E-state index in [2.05, 4.69) is 51.2 Å². The van der Waals surface area contributed by atoms with Gasteiger partial charge in [0.25, 0.3) is 0 Å². The van der Waals surface area contributed by atoms with Crippen LogP contribution < -0.4 is 14.4 Å². The van der Waals surface area contributed by atoms with Gasteiger partial charge in [-0.05, 0) is 54.8 Å². The van der Waals surface area contributed by atoms with Gasteiger partial charge in [0, 0.05) is 38.9 Å². The first-order valence-electron chi connectivity index (χ1n) is 14.1. The summed E-state index contributed by atoms with van der Waals surface area (Å²) in [5, 5.41) is 0. The molecule has 3 aromatic carbocycles. The fourth-order valence-electron chi connectivity index (χ4n) is 4.82. The smallest absolute Gasteiger partial charge is 0.342 e. The number of nitrogens with zero attached hydrogens (tertiary/aromatic N) is 3. The second-order valence-electron chi connectivity index (χ2n) is 10.4. The van der Waals surface area contributed by atoms with Gasteiger partial charge in [0.15, 0.2) is 11.5 Å². The van der Waals surface area contributed by atoms with Crippen LogP contribution in [0.1, 0.15) is 40.9 Å². The lowest BCUT2D eigenvalue weighted by Crippen LogP contribution is -2.46. The molecule has 5 rings (SSSR count). The minimum atomic E-state index is -0.330. The Kier molecular flexibility index (Phi) is 9.49. The Morgan fingerprint density at radius 3 is 2.02 bits per heavy atom. The number of aromatic nitrogens is 1. The van der Waals surface area contributed by atoms with E-state index in [1.54, 1.807) is 18.3 Å². The van der Waals surface area contributed by atoms with Gasteiger partial charge in [0.1, 0.15) is 24.6 Å². The average Bonchev–Trinajstić information content (AvgIpc) is 3.00. The van der Waals surface area contributed by atoms with Crippen molar-refractivity contribution >= 4 is 11.8 Å². The molecule has 0 saturated carbocycles. The minimum Gasteiger partial charge on any atom is -0.485 e. The van der Waals surface area contributed by atoms with Crippen molar-refractivity contribution in [1.29, 1.82) is 0 Å². The monoisotopic (exact) mass is 551 g/mol. The quantitative estimate of drug-likeness (QED) is 0.208. The lowest BCUT2D eigenvalue weighted by atomic mass is 10.1. The third-order valence-electron chi connectivity index (χ3n) is 6.91. The fourth-order valence-corrected chi connectivity index (χ4v) is 4.82. The summed E-state index contributed by atoms with van der Waals surface area (Å²) in [5.41, 5.74) is 3.89. The van der Waals surface area contributed by atoms with Crippen LogP contribution in [0.15, 0.2) is 97.2 Å². The van der Waals surface area contributed by atoms with Gasteiger partial charge >= 0.3 is 5.97 Å². The highest BCUT2D eigenvalue weighted by molar-refractivity contribution is 5.94. The molecule has 0 aliphatic carbocycles. The first-order valence-corrected chi connectivity index (χ1v) is 14.1. The number of carbonyl (C=O) groups excluding carboxylic acids is 1. The molecule has 1 aromatic heterocycles. The molecule has 1 saturated heterocycles. The molecule has 1 aliphatic heterocycles. The van der Waals surface area contributed by atoms with Gasteiger partial charge in [-0.1, -0.05) is 66.7 Å². The van der Waals surface area contributed by atoms with Gasteiger partial charge in [-0.15, -0.1) is 0 Å². The Bertz CT molecular complexity index is 1400. The Morgan fingerprint density at radius 1 is 0.756 bits per heavy atom. The average molecular weight is 552 g/mol. The lowest BCUT2D eigenvalue weighted by Gasteiger charge is -2.36. The van der Waals surface area contributed by atoms with E-state index in [4.69, 9.17) is 14.2 Å². The molecule has 7 heteroatoms. The summed E-state index contributed by atoms with van der Waals surface area (Å²) >= 11 is 0. The molecule has 41 heavy (non-hydrogen) atoms. The van der Waals surface area contributed by atoms with E-state index >= 15 is 0 Å². The summed E-state index contributed by atoms with van der Waals surface area (Å²) < 4.78 is 17.9. The molecular weight excluding hydrogens is 514 g/mol. The summed E-state index contributed by atoms with van der Waals surface area (Å²) in [6.07, 6.45) is 1.55. The van der Waals surface area contributed by atoms with Crippen molar-refractivity contribution in [2.75, 3.05) is 31.1 Å². The standard InChI is InChI=1S/C34H37N3O4/c1-26(2)41-34(38)30-14-9-17-35-33(30)37-20-18-36(19-21-37)23-29-15-16-31(39-24-27-10-5-3-6-11-27)32(22-29)40-25-28-12-7-4-8-13-28/h3-17,22,26H,18-21,23-25H2,1-2H3. The summed E-state index contributed by atoms with van der Waals surface area (Å²) in [5.74, 6) is 1.83. The van der Waals surface area contributed by atoms with E-state index in [0.717, 1.165) is 60.9 Å². The van der Waals surface area contributed by atoms with Gasteiger partial charge in [0.2, 0.25) is 0 Å². The van der Waals surface area contributed by atoms with Crippen molar-refractivity contribution in [2.24, 2.45) is 0 Å². The van der Waals surface area contributed by atoms with E-state index in [0.29, 0.717) is 24.6 Å². The van der Waals surface area contributed by atoms with E-state index in [9.17, 15) is 4.79 Å². The van der Waals surface area contributed by atoms with Crippen LogP contribution in [0.5, 0.6) is 11.5 Å². The van der Waals surface area contributed by atoms with Crippen LogP contribution in [0.2, 0.25) is 0 Å². The van der Waals surface area contributed by atoms with Crippen LogP contribution in [0.4, 0.5) is 5.82 Å². The number of benzene rings is 3. The zero-order valence-corrected chi connectivity index (χ0v) is 23.7. The zero-order valence-electron chi connectivity index (χ0n) is 23.7. The number of anilines is 1. The highest BCUT2D eigenvalue weighted by Crippen LogP contribution is 2.31. The molecule has 0 N–H and O–H groups in total. The first-order chi connectivity index (χ1) is 20.0. The number of ether oxygens (including phenoxy) is 3. The predicted octanol–water partition coefficient (Wildman–Crippen LogP) is 6.13. The zero-order chi connectivity index (χ0) is 28.4. The second kappa shape index (κ2) is 13.8. The molecule has 0 amide bonds. The first kappa shape index (κ1) is 28.2. The molecular formula is C34H37N3O4. The minimum absolute atomic E-state index is 0.177. The maximum Gasteiger partial charge on any atom is 0.342 e. The van der Waals surface area contributed by atoms with E-state index in [1.807, 2.05) is 56.3 Å². The van der Waals surface area contributed by atoms with Crippen LogP contribution in [-0.2, 0) is 24.5 Å². The van der Waals surface area contributed by atoms with Crippen molar-refractivity contribution in [1.82, 2.24) is 9.88 Å². The largest absolute Gasteiger partial charge is 0.485 e. The Balaban J connectivity index is 1.24. The molecule has 1 fully saturated rings. The molecule has 0 atom stereocenters. The third-order valence-corrected chi connectivity index (χ3v) is 6.91. The molecule has 2 heterocycles. The number of carbonyl (C=O) groups is 1. The highest BCUT2D eigenvalue weighted by Gasteiger charge is 2.24. The predicted molar refractivity (Wildman–Crippen MR) is 160 cm³/mol. The summed E-state index contributed by atoms with van der Waals surface area (Å²) in [4.78, 5) is 21.7. The van der Waals surface area contributed by atoms with Crippen molar-refractivity contribution in [2.45, 2.75) is 39.7 Å². The molecule has 1 aliphatic rings. The van der Waals surface area contributed by atoms with E-state index in [-0.39, 0.29) is 12.1 Å². The van der Waals surface area contributed by atoms with Crippen molar-refractivity contribution in [3.63, 3.8) is 0 Å². The highest BCUT2D eigenvalue weighted by atomic mass is 16.5. The Morgan fingerprint density at radius 2 is 1.39 bits per heavy atom. The van der Waals surface area contributed by atoms with Crippen LogP contribution in [0, 0.1) is 0 Å². The van der Waals surface area contributed by atoms with Crippen molar-refractivity contribution in [3.05, 3.63) is 119 Å². The SMILES string of the molecule is CC(C)OC(=O)c1cccnc1N1CCN(Cc2ccc(OCc3ccccc3)c(OCc3ccccc3)c2)CC1. The topological polar surface area (TPSA) is 64.1 Å². The normalized spacial score (nSPS) is 13.7. The van der Waals surface area contributed by atoms with Crippen molar-refractivity contribution < 1.29 is 19.0 Å². The van der Waals surface area contributed by atoms with Gasteiger partial charge in [-0.2, -0.15) is 0 Å². The number of hydrogen-bond donors (Lipinski definition) is 0. The second-order valence-corrected chi connectivity index (χ2v) is 10.4. The van der Waals surface area contributed by atoms with E-state index < -0.39 is 0 Å². The fraction of sp³-hybridized carbons (Fsp3) is 0.294. The molecule has 4 aromatic rings. The number of piperazine rings is 1. The summed E-state index contributed by atoms with van der Waals surface area (Å²) in [6, 6.07) is 30.1. The summed E-state index contributed by atoms with van der Waals surface area (Å²) in [6.45, 7) is 8.69. The Labute approximate surface area is 242 Å². The van der Waals surface area contributed by atoms with Gasteiger partial charge < -0.3 is 19.1 Å². The van der Waals surface area contributed by atoms with Gasteiger partial charge in [-0.25, -0.2) is 9.78 Å². The molecule has 0 bridgehead atoms. The van der Waals surface area contributed by atoms with E-state index in [1.165, 1.54) is 0 Å². The Hall–Kier alpha value is -4.36. The molecule has 0 spiro atoms. The lowest BCUT2D eigenvalue weighted by molar-refractivity contribution is 0.0378. The number of pyridine rings is 1. The maximum atomic E-state index is 12.6. The van der Waals surface area contributed by atoms with Crippen LogP contribution >= 0.6 is 0 Å². The molecule has 7 nitrogen and oxygen atoms in total. The van der Waals surface area contributed by atoms with Gasteiger partial charge in [-0.3, -0.25) is 4.90 Å². The van der Waals surface area contributed by atoms with Crippen molar-refractivity contribution in [3.8, 4) is 11.5 Å². The van der Waals surface area contributed by atoms with Crippen LogP contribution in [-0.4, -0.2) is 48.1 Å². The van der Waals surface area contributed by atoms with Crippen LogP contribution in [0.3, 0.4) is 0 Å². The number of hydrogen-bond acceptors (Lipinski definition) is 7. The van der Waals surface area contributed by atoms with Crippen LogP contribution in [0.25, 0.3) is 0 Å².